The average molecular weight is 509 g/mol. The van der Waals surface area contributed by atoms with Crippen molar-refractivity contribution in [1.29, 1.82) is 0 Å². The topological polar surface area (TPSA) is 142 Å². The molecule has 0 aliphatic rings. The van der Waals surface area contributed by atoms with Crippen molar-refractivity contribution >= 4 is 61.5 Å². The number of amides is 1. The van der Waals surface area contributed by atoms with Crippen LogP contribution in [0.5, 0.6) is 0 Å². The zero-order valence-electron chi connectivity index (χ0n) is 20.0. The maximum absolute atomic E-state index is 11.6. The molecule has 0 radical (unpaired) electrons. The first-order chi connectivity index (χ1) is 16.4. The number of unbranched alkanes of at least 4 members (excludes halogenated alkanes) is 4. The van der Waals surface area contributed by atoms with Gasteiger partial charge in [-0.25, -0.2) is 0 Å². The predicted molar refractivity (Wildman–Crippen MR) is 132 cm³/mol. The molecular formula is C26H32CaN2O6. The van der Waals surface area contributed by atoms with E-state index in [2.05, 4.69) is 10.3 Å². The van der Waals surface area contributed by atoms with Crippen LogP contribution in [0.4, 0.5) is 0 Å². The summed E-state index contributed by atoms with van der Waals surface area (Å²) in [6, 6.07) is 17.9. The Kier molecular flexibility index (Phi) is 19.5. The third-order valence-corrected chi connectivity index (χ3v) is 4.70. The minimum atomic E-state index is -1.03. The van der Waals surface area contributed by atoms with Crippen LogP contribution in [0.3, 0.4) is 0 Å². The predicted octanol–water partition coefficient (Wildman–Crippen LogP) is 1.78. The van der Waals surface area contributed by atoms with Crippen LogP contribution in [-0.4, -0.2) is 79.7 Å². The van der Waals surface area contributed by atoms with Gasteiger partial charge in [0.25, 0.3) is 5.91 Å². The van der Waals surface area contributed by atoms with Crippen LogP contribution in [0.15, 0.2) is 65.7 Å². The van der Waals surface area contributed by atoms with E-state index in [1.807, 2.05) is 24.3 Å². The van der Waals surface area contributed by atoms with Crippen molar-refractivity contribution < 1.29 is 29.7 Å². The first-order valence-electron chi connectivity index (χ1n) is 11.4. The fourth-order valence-corrected chi connectivity index (χ4v) is 2.88. The molecule has 35 heavy (non-hydrogen) atoms. The molecule has 9 heteroatoms. The summed E-state index contributed by atoms with van der Waals surface area (Å²) in [6.45, 7) is 1.04. The zero-order valence-corrected chi connectivity index (χ0v) is 22.2. The molecule has 0 fully saturated rings. The van der Waals surface area contributed by atoms with E-state index in [1.54, 1.807) is 36.4 Å². The van der Waals surface area contributed by atoms with Gasteiger partial charge in [0.1, 0.15) is 0 Å². The first kappa shape index (κ1) is 32.6. The van der Waals surface area contributed by atoms with Crippen LogP contribution in [0.1, 0.15) is 67.3 Å². The van der Waals surface area contributed by atoms with Crippen LogP contribution in [0.25, 0.3) is 0 Å². The van der Waals surface area contributed by atoms with E-state index in [9.17, 15) is 24.6 Å². The van der Waals surface area contributed by atoms with Crippen molar-refractivity contribution in [3.05, 3.63) is 71.8 Å². The molecule has 2 rings (SSSR count). The Balaban J connectivity index is 0.000000642. The normalized spacial score (nSPS) is 10.3. The Morgan fingerprint density at radius 2 is 1.29 bits per heavy atom. The maximum atomic E-state index is 11.6. The minimum absolute atomic E-state index is 0. The molecule has 2 aromatic carbocycles. The van der Waals surface area contributed by atoms with E-state index >= 15 is 0 Å². The zero-order chi connectivity index (χ0) is 25.0. The summed E-state index contributed by atoms with van der Waals surface area (Å²) in [4.78, 5) is 35.9. The number of nitrogens with zero attached hydrogens (tertiary/aromatic N) is 1. The molecule has 0 aliphatic carbocycles. The monoisotopic (exact) mass is 508 g/mol. The van der Waals surface area contributed by atoms with Crippen LogP contribution >= 0.6 is 0 Å². The summed E-state index contributed by atoms with van der Waals surface area (Å²) in [5.41, 5.74) is 1.24. The second-order valence-electron chi connectivity index (χ2n) is 7.56. The van der Waals surface area contributed by atoms with Crippen molar-refractivity contribution in [2.45, 2.75) is 51.4 Å². The summed E-state index contributed by atoms with van der Waals surface area (Å²) in [7, 11) is 0. The van der Waals surface area contributed by atoms with Crippen molar-refractivity contribution in [2.75, 3.05) is 13.1 Å². The minimum Gasteiger partial charge on any atom is -0.858 e. The molecule has 0 aromatic heterocycles. The van der Waals surface area contributed by atoms with Crippen LogP contribution in [0, 0.1) is 0 Å². The number of aliphatic carboxylic acids is 2. The van der Waals surface area contributed by atoms with Gasteiger partial charge >= 0.3 is 43.7 Å². The Labute approximate surface area is 236 Å². The van der Waals surface area contributed by atoms with Gasteiger partial charge in [-0.1, -0.05) is 61.4 Å². The van der Waals surface area contributed by atoms with Gasteiger partial charge in [0.15, 0.2) is 0 Å². The number of nitrogens with one attached hydrogen (secondary N) is 1. The van der Waals surface area contributed by atoms with E-state index in [4.69, 9.17) is 5.11 Å². The number of carbonyl (C=O) groups is 3. The van der Waals surface area contributed by atoms with Crippen LogP contribution in [0.2, 0.25) is 0 Å². The quantitative estimate of drug-likeness (QED) is 0.172. The summed E-state index contributed by atoms with van der Waals surface area (Å²) in [5.74, 6) is -2.09. The van der Waals surface area contributed by atoms with Gasteiger partial charge in [0.2, 0.25) is 0 Å². The van der Waals surface area contributed by atoms with Crippen LogP contribution in [-0.2, 0) is 9.59 Å². The van der Waals surface area contributed by atoms with Gasteiger partial charge in [0, 0.05) is 31.0 Å². The fourth-order valence-electron chi connectivity index (χ4n) is 2.88. The fraction of sp³-hybridized carbons (Fsp3) is 0.385. The Hall–Kier alpha value is -2.42. The van der Waals surface area contributed by atoms with Crippen molar-refractivity contribution in [3.8, 4) is 0 Å². The molecule has 2 aromatic rings. The smallest absolute Gasteiger partial charge is 0.858 e. The van der Waals surface area contributed by atoms with E-state index in [-0.39, 0.29) is 62.4 Å². The second-order valence-corrected chi connectivity index (χ2v) is 7.56. The molecule has 0 heterocycles. The molecule has 0 saturated carbocycles. The first-order valence-corrected chi connectivity index (χ1v) is 11.4. The molecule has 184 valence electrons. The average Bonchev–Trinajstić information content (AvgIpc) is 2.84. The van der Waals surface area contributed by atoms with Crippen molar-refractivity contribution in [2.24, 2.45) is 4.99 Å². The van der Waals surface area contributed by atoms with Crippen LogP contribution < -0.4 is 15.5 Å². The number of carbonyl (C=O) groups excluding carboxylic acids is 2. The van der Waals surface area contributed by atoms with Crippen molar-refractivity contribution in [1.82, 2.24) is 5.32 Å². The molecule has 0 spiro atoms. The maximum Gasteiger partial charge on any atom is 2.00 e. The third-order valence-electron chi connectivity index (χ3n) is 4.70. The molecule has 0 unspecified atom stereocenters. The van der Waals surface area contributed by atoms with Gasteiger partial charge in [-0.2, -0.15) is 0 Å². The second kappa shape index (κ2) is 20.9. The number of aliphatic imine (C=N–C) groups is 1. The number of hydrogen-bond acceptors (Lipinski definition) is 6. The molecular weight excluding hydrogens is 476 g/mol. The molecule has 0 bridgehead atoms. The summed E-state index contributed by atoms with van der Waals surface area (Å²) >= 11 is 0. The Morgan fingerprint density at radius 3 is 1.86 bits per heavy atom. The van der Waals surface area contributed by atoms with Gasteiger partial charge < -0.3 is 30.4 Å². The molecule has 1 amide bonds. The van der Waals surface area contributed by atoms with Gasteiger partial charge in [-0.05, 0) is 55.7 Å². The van der Waals surface area contributed by atoms with Crippen molar-refractivity contribution in [3.63, 3.8) is 0 Å². The third kappa shape index (κ3) is 17.6. The number of carboxylic acid groups (broad SMARTS) is 2. The van der Waals surface area contributed by atoms with E-state index in [1.165, 1.54) is 0 Å². The Morgan fingerprint density at radius 1 is 0.743 bits per heavy atom. The molecule has 0 atom stereocenters. The van der Waals surface area contributed by atoms with E-state index in [0.29, 0.717) is 37.1 Å². The van der Waals surface area contributed by atoms with E-state index in [0.717, 1.165) is 25.7 Å². The SMILES string of the molecule is O=C(O)CCCCCNC(=O)c1ccccc1.O=C([O-])CCCCCN=C([O-])c1ccccc1.[Ca+2]. The molecule has 8 nitrogen and oxygen atoms in total. The summed E-state index contributed by atoms with van der Waals surface area (Å²) in [6.07, 6.45) is 4.63. The standard InChI is InChI=1S/2C13H17NO3.Ca/c2*15-12(16)9-5-2-6-10-14-13(17)11-7-3-1-4-8-11;/h2*1,3-4,7-8H,2,5-6,9-10H2,(H,14,17)(H,15,16);/q;;+2/p-2. The molecule has 2 N–H and O–H groups in total. The Bertz CT molecular complexity index is 891. The van der Waals surface area contributed by atoms with E-state index < -0.39 is 11.9 Å². The number of rotatable bonds is 14. The molecule has 0 aliphatic heterocycles. The largest absolute Gasteiger partial charge is 2.00 e. The summed E-state index contributed by atoms with van der Waals surface area (Å²) < 4.78 is 0. The number of benzene rings is 2. The number of carboxylic acids is 2. The summed E-state index contributed by atoms with van der Waals surface area (Å²) in [5, 5.41) is 32.9. The van der Waals surface area contributed by atoms with Gasteiger partial charge in [-0.15, -0.1) is 0 Å². The number of hydrogen-bond donors (Lipinski definition) is 2. The van der Waals surface area contributed by atoms with Gasteiger partial charge in [0.05, 0.1) is 0 Å². The molecule has 0 saturated heterocycles. The van der Waals surface area contributed by atoms with Gasteiger partial charge in [-0.3, -0.25) is 9.59 Å².